The van der Waals surface area contributed by atoms with Gasteiger partial charge in [-0.05, 0) is 40.6 Å². The van der Waals surface area contributed by atoms with Crippen molar-refractivity contribution in [1.29, 1.82) is 0 Å². The Balaban J connectivity index is 1.81. The predicted molar refractivity (Wildman–Crippen MR) is 73.8 cm³/mol. The van der Waals surface area contributed by atoms with Crippen LogP contribution in [0.5, 0.6) is 0 Å². The van der Waals surface area contributed by atoms with Crippen LogP contribution in [-0.2, 0) is 6.54 Å². The number of H-pyrrole nitrogens is 1. The van der Waals surface area contributed by atoms with E-state index in [0.717, 1.165) is 16.5 Å². The second kappa shape index (κ2) is 4.66. The number of carbonyl (C=O) groups excluding carboxylic acids is 1. The van der Waals surface area contributed by atoms with Crippen molar-refractivity contribution in [2.45, 2.75) is 6.54 Å². The van der Waals surface area contributed by atoms with E-state index >= 15 is 0 Å². The molecule has 0 aliphatic carbocycles. The Morgan fingerprint density at radius 1 is 1.28 bits per heavy atom. The quantitative estimate of drug-likeness (QED) is 0.743. The monoisotopic (exact) mass is 256 g/mol. The van der Waals surface area contributed by atoms with Crippen molar-refractivity contribution in [2.24, 2.45) is 0 Å². The molecule has 3 nitrogen and oxygen atoms in total. The number of aromatic amines is 1. The SMILES string of the molecule is O=C(NCc1ccsc1)c1cccc2[nH]ccc12. The zero-order valence-electron chi connectivity index (χ0n) is 9.64. The van der Waals surface area contributed by atoms with E-state index in [2.05, 4.69) is 10.3 Å². The third kappa shape index (κ3) is 2.02. The Labute approximate surface area is 108 Å². The van der Waals surface area contributed by atoms with Crippen LogP contribution in [0.2, 0.25) is 0 Å². The fraction of sp³-hybridized carbons (Fsp3) is 0.0714. The van der Waals surface area contributed by atoms with Gasteiger partial charge in [-0.3, -0.25) is 4.79 Å². The number of hydrogen-bond acceptors (Lipinski definition) is 2. The summed E-state index contributed by atoms with van der Waals surface area (Å²) < 4.78 is 0. The summed E-state index contributed by atoms with van der Waals surface area (Å²) in [6.45, 7) is 0.573. The van der Waals surface area contributed by atoms with Crippen molar-refractivity contribution >= 4 is 28.1 Å². The summed E-state index contributed by atoms with van der Waals surface area (Å²) in [6.07, 6.45) is 1.85. The molecule has 2 N–H and O–H groups in total. The van der Waals surface area contributed by atoms with Gasteiger partial charge in [0.1, 0.15) is 0 Å². The molecular formula is C14H12N2OS. The van der Waals surface area contributed by atoms with Gasteiger partial charge in [0.05, 0.1) is 0 Å². The van der Waals surface area contributed by atoms with Crippen molar-refractivity contribution < 1.29 is 4.79 Å². The molecule has 0 atom stereocenters. The molecular weight excluding hydrogens is 244 g/mol. The molecule has 0 aliphatic rings. The van der Waals surface area contributed by atoms with Gasteiger partial charge in [-0.15, -0.1) is 0 Å². The molecule has 3 aromatic rings. The molecule has 0 bridgehead atoms. The molecule has 2 aromatic heterocycles. The fourth-order valence-electron chi connectivity index (χ4n) is 1.95. The first-order chi connectivity index (χ1) is 8.84. The lowest BCUT2D eigenvalue weighted by molar-refractivity contribution is 0.0952. The molecule has 0 spiro atoms. The number of thiophene rings is 1. The lowest BCUT2D eigenvalue weighted by atomic mass is 10.1. The number of fused-ring (bicyclic) bond motifs is 1. The molecule has 0 fully saturated rings. The first-order valence-corrected chi connectivity index (χ1v) is 6.64. The van der Waals surface area contributed by atoms with Crippen molar-refractivity contribution in [1.82, 2.24) is 10.3 Å². The van der Waals surface area contributed by atoms with E-state index in [4.69, 9.17) is 0 Å². The number of amides is 1. The fourth-order valence-corrected chi connectivity index (χ4v) is 2.62. The van der Waals surface area contributed by atoms with Gasteiger partial charge in [0.15, 0.2) is 0 Å². The highest BCUT2D eigenvalue weighted by Gasteiger charge is 2.09. The van der Waals surface area contributed by atoms with E-state index in [9.17, 15) is 4.79 Å². The predicted octanol–water partition coefficient (Wildman–Crippen LogP) is 3.16. The average molecular weight is 256 g/mol. The van der Waals surface area contributed by atoms with Crippen LogP contribution in [0.25, 0.3) is 10.9 Å². The maximum absolute atomic E-state index is 12.1. The van der Waals surface area contributed by atoms with Gasteiger partial charge in [-0.2, -0.15) is 11.3 Å². The molecule has 0 saturated heterocycles. The van der Waals surface area contributed by atoms with Crippen LogP contribution < -0.4 is 5.32 Å². The Morgan fingerprint density at radius 3 is 3.06 bits per heavy atom. The minimum atomic E-state index is -0.0357. The van der Waals surface area contributed by atoms with Crippen LogP contribution in [0.1, 0.15) is 15.9 Å². The van der Waals surface area contributed by atoms with E-state index in [1.807, 2.05) is 47.3 Å². The number of nitrogens with one attached hydrogen (secondary N) is 2. The van der Waals surface area contributed by atoms with Gasteiger partial charge in [-0.25, -0.2) is 0 Å². The maximum Gasteiger partial charge on any atom is 0.252 e. The van der Waals surface area contributed by atoms with Crippen molar-refractivity contribution in [3.05, 3.63) is 58.4 Å². The van der Waals surface area contributed by atoms with Crippen molar-refractivity contribution in [2.75, 3.05) is 0 Å². The number of carbonyl (C=O) groups is 1. The average Bonchev–Trinajstić information content (AvgIpc) is 3.05. The summed E-state index contributed by atoms with van der Waals surface area (Å²) in [7, 11) is 0. The van der Waals surface area contributed by atoms with Crippen molar-refractivity contribution in [3.63, 3.8) is 0 Å². The number of rotatable bonds is 3. The summed E-state index contributed by atoms with van der Waals surface area (Å²) in [5, 5.41) is 7.94. The summed E-state index contributed by atoms with van der Waals surface area (Å²) >= 11 is 1.63. The molecule has 0 radical (unpaired) electrons. The third-order valence-corrected chi connectivity index (χ3v) is 3.60. The van der Waals surface area contributed by atoms with E-state index < -0.39 is 0 Å². The first kappa shape index (κ1) is 11.0. The molecule has 0 aliphatic heterocycles. The molecule has 3 rings (SSSR count). The first-order valence-electron chi connectivity index (χ1n) is 5.70. The Hall–Kier alpha value is -2.07. The number of hydrogen-bond donors (Lipinski definition) is 2. The van der Waals surface area contributed by atoms with E-state index in [0.29, 0.717) is 12.1 Å². The van der Waals surface area contributed by atoms with E-state index in [1.165, 1.54) is 0 Å². The summed E-state index contributed by atoms with van der Waals surface area (Å²) in [5.41, 5.74) is 2.83. The topological polar surface area (TPSA) is 44.9 Å². The standard InChI is InChI=1S/C14H12N2OS/c17-14(16-8-10-5-7-18-9-10)12-2-1-3-13-11(12)4-6-15-13/h1-7,9,15H,8H2,(H,16,17). The lowest BCUT2D eigenvalue weighted by Crippen LogP contribution is -2.22. The summed E-state index contributed by atoms with van der Waals surface area (Å²) in [4.78, 5) is 15.2. The summed E-state index contributed by atoms with van der Waals surface area (Å²) in [6, 6.07) is 9.64. The highest BCUT2D eigenvalue weighted by Crippen LogP contribution is 2.17. The van der Waals surface area contributed by atoms with Crippen LogP contribution in [-0.4, -0.2) is 10.9 Å². The molecule has 18 heavy (non-hydrogen) atoms. The normalized spacial score (nSPS) is 10.7. The Kier molecular flexibility index (Phi) is 2.86. The van der Waals surface area contributed by atoms with Gasteiger partial charge in [0.25, 0.3) is 5.91 Å². The number of benzene rings is 1. The molecule has 1 aromatic carbocycles. The minimum absolute atomic E-state index is 0.0357. The second-order valence-corrected chi connectivity index (χ2v) is 4.84. The third-order valence-electron chi connectivity index (χ3n) is 2.87. The summed E-state index contributed by atoms with van der Waals surface area (Å²) in [5.74, 6) is -0.0357. The van der Waals surface area contributed by atoms with Crippen LogP contribution in [0.3, 0.4) is 0 Å². The van der Waals surface area contributed by atoms with Gasteiger partial charge in [0, 0.05) is 29.2 Å². The zero-order valence-corrected chi connectivity index (χ0v) is 10.5. The molecule has 0 unspecified atom stereocenters. The largest absolute Gasteiger partial charge is 0.361 e. The van der Waals surface area contributed by atoms with Gasteiger partial charge >= 0.3 is 0 Å². The molecule has 1 amide bonds. The van der Waals surface area contributed by atoms with Crippen LogP contribution >= 0.6 is 11.3 Å². The minimum Gasteiger partial charge on any atom is -0.361 e. The maximum atomic E-state index is 12.1. The van der Waals surface area contributed by atoms with Crippen molar-refractivity contribution in [3.8, 4) is 0 Å². The zero-order chi connectivity index (χ0) is 12.4. The highest BCUT2D eigenvalue weighted by atomic mass is 32.1. The van der Waals surface area contributed by atoms with Crippen LogP contribution in [0, 0.1) is 0 Å². The smallest absolute Gasteiger partial charge is 0.252 e. The van der Waals surface area contributed by atoms with Gasteiger partial charge in [-0.1, -0.05) is 6.07 Å². The van der Waals surface area contributed by atoms with Crippen LogP contribution in [0.4, 0.5) is 0 Å². The molecule has 4 heteroatoms. The Bertz CT molecular complexity index is 670. The van der Waals surface area contributed by atoms with Crippen LogP contribution in [0.15, 0.2) is 47.3 Å². The van der Waals surface area contributed by atoms with E-state index in [-0.39, 0.29) is 5.91 Å². The molecule has 2 heterocycles. The molecule has 90 valence electrons. The van der Waals surface area contributed by atoms with E-state index in [1.54, 1.807) is 11.3 Å². The molecule has 0 saturated carbocycles. The second-order valence-electron chi connectivity index (χ2n) is 4.06. The Morgan fingerprint density at radius 2 is 2.22 bits per heavy atom. The van der Waals surface area contributed by atoms with Gasteiger partial charge in [0.2, 0.25) is 0 Å². The number of aromatic nitrogens is 1. The van der Waals surface area contributed by atoms with Gasteiger partial charge < -0.3 is 10.3 Å². The lowest BCUT2D eigenvalue weighted by Gasteiger charge is -2.05. The highest BCUT2D eigenvalue weighted by molar-refractivity contribution is 7.07.